The summed E-state index contributed by atoms with van der Waals surface area (Å²) in [5, 5.41) is 9.93. The van der Waals surface area contributed by atoms with E-state index < -0.39 is 6.10 Å². The van der Waals surface area contributed by atoms with Crippen molar-refractivity contribution >= 4 is 11.6 Å². The van der Waals surface area contributed by atoms with E-state index in [1.165, 1.54) is 22.3 Å². The van der Waals surface area contributed by atoms with Crippen molar-refractivity contribution < 1.29 is 9.53 Å². The van der Waals surface area contributed by atoms with Gasteiger partial charge in [-0.15, -0.1) is 0 Å². The maximum Gasteiger partial charge on any atom is 0.265 e. The molecule has 0 saturated heterocycles. The summed E-state index contributed by atoms with van der Waals surface area (Å²) in [5.41, 5.74) is 7.02. The van der Waals surface area contributed by atoms with E-state index >= 15 is 0 Å². The number of ether oxygens (including phenoxy) is 1. The quantitative estimate of drug-likeness (QED) is 0.514. The summed E-state index contributed by atoms with van der Waals surface area (Å²) in [5.74, 6) is 0.618. The van der Waals surface area contributed by atoms with Gasteiger partial charge in [0, 0.05) is 26.2 Å². The Labute approximate surface area is 183 Å². The lowest BCUT2D eigenvalue weighted by Crippen LogP contribution is -2.34. The van der Waals surface area contributed by atoms with Gasteiger partial charge in [-0.25, -0.2) is 0 Å². The van der Waals surface area contributed by atoms with E-state index in [4.69, 9.17) is 4.74 Å². The molecule has 0 bridgehead atoms. The highest BCUT2D eigenvalue weighted by molar-refractivity contribution is 5.97. The van der Waals surface area contributed by atoms with Gasteiger partial charge in [-0.2, -0.15) is 0 Å². The molecule has 1 heterocycles. The maximum absolute atomic E-state index is 11.8. The van der Waals surface area contributed by atoms with Crippen LogP contribution >= 0.6 is 0 Å². The SMILES string of the molecule is Cc1ccccc1CNCc1cccc(CNCc2ccc3c(c2)NC(=O)C(C)O3)c1. The predicted octanol–water partition coefficient (Wildman–Crippen LogP) is 4.29. The molecule has 0 aromatic heterocycles. The molecule has 31 heavy (non-hydrogen) atoms. The fraction of sp³-hybridized carbons (Fsp3) is 0.269. The van der Waals surface area contributed by atoms with E-state index in [0.717, 1.165) is 36.6 Å². The molecular weight excluding hydrogens is 386 g/mol. The van der Waals surface area contributed by atoms with Crippen molar-refractivity contribution in [2.75, 3.05) is 5.32 Å². The molecule has 0 aliphatic carbocycles. The second-order valence-corrected chi connectivity index (χ2v) is 8.03. The van der Waals surface area contributed by atoms with Crippen LogP contribution in [0.3, 0.4) is 0 Å². The number of benzene rings is 3. The zero-order valence-electron chi connectivity index (χ0n) is 18.1. The molecule has 1 aliphatic rings. The van der Waals surface area contributed by atoms with Crippen LogP contribution in [0.15, 0.2) is 66.7 Å². The zero-order valence-corrected chi connectivity index (χ0v) is 18.1. The Morgan fingerprint density at radius 2 is 1.52 bits per heavy atom. The number of hydrogen-bond donors (Lipinski definition) is 3. The number of aryl methyl sites for hydroxylation is 1. The molecule has 0 radical (unpaired) electrons. The Bertz CT molecular complexity index is 1060. The van der Waals surface area contributed by atoms with E-state index in [1.807, 2.05) is 18.2 Å². The van der Waals surface area contributed by atoms with Gasteiger partial charge < -0.3 is 20.7 Å². The Kier molecular flexibility index (Phi) is 6.65. The number of fused-ring (bicyclic) bond motifs is 1. The number of hydrogen-bond acceptors (Lipinski definition) is 4. The van der Waals surface area contributed by atoms with E-state index in [-0.39, 0.29) is 5.91 Å². The molecular formula is C26H29N3O2. The summed E-state index contributed by atoms with van der Waals surface area (Å²) >= 11 is 0. The zero-order chi connectivity index (χ0) is 21.6. The molecule has 0 fully saturated rings. The van der Waals surface area contributed by atoms with Crippen molar-refractivity contribution in [2.45, 2.75) is 46.1 Å². The lowest BCUT2D eigenvalue weighted by molar-refractivity contribution is -0.122. The minimum atomic E-state index is -0.449. The van der Waals surface area contributed by atoms with E-state index in [2.05, 4.69) is 71.4 Å². The predicted molar refractivity (Wildman–Crippen MR) is 124 cm³/mol. The first-order chi connectivity index (χ1) is 15.1. The van der Waals surface area contributed by atoms with Crippen LogP contribution in [0.2, 0.25) is 0 Å². The first-order valence-corrected chi connectivity index (χ1v) is 10.7. The lowest BCUT2D eigenvalue weighted by atomic mass is 10.1. The number of nitrogens with one attached hydrogen (secondary N) is 3. The molecule has 3 aromatic rings. The number of anilines is 1. The van der Waals surface area contributed by atoms with Crippen LogP contribution in [0, 0.1) is 6.92 Å². The summed E-state index contributed by atoms with van der Waals surface area (Å²) < 4.78 is 5.61. The fourth-order valence-corrected chi connectivity index (χ4v) is 3.72. The summed E-state index contributed by atoms with van der Waals surface area (Å²) in [4.78, 5) is 11.8. The van der Waals surface area contributed by atoms with Crippen molar-refractivity contribution in [3.63, 3.8) is 0 Å². The first kappa shape index (κ1) is 21.1. The number of carbonyl (C=O) groups is 1. The molecule has 5 nitrogen and oxygen atoms in total. The van der Waals surface area contributed by atoms with Crippen LogP contribution in [-0.4, -0.2) is 12.0 Å². The van der Waals surface area contributed by atoms with Crippen LogP contribution in [0.4, 0.5) is 5.69 Å². The summed E-state index contributed by atoms with van der Waals surface area (Å²) in [6, 6.07) is 23.0. The fourth-order valence-electron chi connectivity index (χ4n) is 3.72. The van der Waals surface area contributed by atoms with Gasteiger partial charge in [0.1, 0.15) is 5.75 Å². The van der Waals surface area contributed by atoms with Gasteiger partial charge in [-0.05, 0) is 53.8 Å². The molecule has 4 rings (SSSR count). The molecule has 3 N–H and O–H groups in total. The Balaban J connectivity index is 1.27. The third kappa shape index (κ3) is 5.51. The summed E-state index contributed by atoms with van der Waals surface area (Å²) in [6.45, 7) is 7.10. The molecule has 0 spiro atoms. The van der Waals surface area contributed by atoms with Crippen molar-refractivity contribution in [3.05, 3.63) is 94.5 Å². The van der Waals surface area contributed by atoms with Crippen LogP contribution in [0.5, 0.6) is 5.75 Å². The van der Waals surface area contributed by atoms with Gasteiger partial charge in [-0.1, -0.05) is 54.6 Å². The third-order valence-corrected chi connectivity index (χ3v) is 5.53. The normalized spacial score (nSPS) is 15.2. The molecule has 1 atom stereocenters. The Morgan fingerprint density at radius 1 is 0.839 bits per heavy atom. The highest BCUT2D eigenvalue weighted by Crippen LogP contribution is 2.30. The topological polar surface area (TPSA) is 62.4 Å². The van der Waals surface area contributed by atoms with E-state index in [0.29, 0.717) is 6.54 Å². The highest BCUT2D eigenvalue weighted by atomic mass is 16.5. The Morgan fingerprint density at radius 3 is 2.26 bits per heavy atom. The van der Waals surface area contributed by atoms with Gasteiger partial charge >= 0.3 is 0 Å². The number of rotatable bonds is 8. The second-order valence-electron chi connectivity index (χ2n) is 8.03. The molecule has 1 unspecified atom stereocenters. The van der Waals surface area contributed by atoms with Crippen LogP contribution < -0.4 is 20.7 Å². The largest absolute Gasteiger partial charge is 0.479 e. The lowest BCUT2D eigenvalue weighted by Gasteiger charge is -2.23. The summed E-state index contributed by atoms with van der Waals surface area (Å²) in [7, 11) is 0. The van der Waals surface area contributed by atoms with Crippen molar-refractivity contribution in [1.29, 1.82) is 0 Å². The van der Waals surface area contributed by atoms with Crippen LogP contribution in [0.25, 0.3) is 0 Å². The first-order valence-electron chi connectivity index (χ1n) is 10.7. The molecule has 5 heteroatoms. The standard InChI is InChI=1S/C26H29N3O2/c1-18-6-3-4-9-23(18)17-28-15-21-8-5-7-20(12-21)14-27-16-22-10-11-25-24(13-22)29-26(30)19(2)31-25/h3-13,19,27-28H,14-17H2,1-2H3,(H,29,30). The van der Waals surface area contributed by atoms with Gasteiger partial charge in [0.05, 0.1) is 5.69 Å². The summed E-state index contributed by atoms with van der Waals surface area (Å²) in [6.07, 6.45) is -0.449. The van der Waals surface area contributed by atoms with Crippen molar-refractivity contribution in [1.82, 2.24) is 10.6 Å². The maximum atomic E-state index is 11.8. The van der Waals surface area contributed by atoms with Crippen LogP contribution in [0.1, 0.15) is 34.7 Å². The van der Waals surface area contributed by atoms with Gasteiger partial charge in [-0.3, -0.25) is 4.79 Å². The van der Waals surface area contributed by atoms with Gasteiger partial charge in [0.2, 0.25) is 0 Å². The average Bonchev–Trinajstić information content (AvgIpc) is 2.76. The molecule has 160 valence electrons. The molecule has 3 aromatic carbocycles. The Hall–Kier alpha value is -3.15. The van der Waals surface area contributed by atoms with Crippen molar-refractivity contribution in [3.8, 4) is 5.75 Å². The average molecular weight is 416 g/mol. The van der Waals surface area contributed by atoms with E-state index in [1.54, 1.807) is 6.92 Å². The van der Waals surface area contributed by atoms with Gasteiger partial charge in [0.25, 0.3) is 5.91 Å². The van der Waals surface area contributed by atoms with E-state index in [9.17, 15) is 4.79 Å². The van der Waals surface area contributed by atoms with Crippen molar-refractivity contribution in [2.24, 2.45) is 0 Å². The minimum absolute atomic E-state index is 0.106. The molecule has 1 aliphatic heterocycles. The number of carbonyl (C=O) groups excluding carboxylic acids is 1. The molecule has 0 saturated carbocycles. The third-order valence-electron chi connectivity index (χ3n) is 5.53. The monoisotopic (exact) mass is 415 g/mol. The van der Waals surface area contributed by atoms with Gasteiger partial charge in [0.15, 0.2) is 6.10 Å². The highest BCUT2D eigenvalue weighted by Gasteiger charge is 2.23. The number of amides is 1. The second kappa shape index (κ2) is 9.77. The smallest absolute Gasteiger partial charge is 0.265 e. The minimum Gasteiger partial charge on any atom is -0.479 e. The van der Waals surface area contributed by atoms with Crippen LogP contribution in [-0.2, 0) is 31.0 Å². The molecule has 1 amide bonds.